The first-order valence-corrected chi connectivity index (χ1v) is 10.1. The number of nitrogens with one attached hydrogen (secondary N) is 1. The van der Waals surface area contributed by atoms with Gasteiger partial charge in [0, 0.05) is 29.6 Å². The van der Waals surface area contributed by atoms with Crippen molar-refractivity contribution < 1.29 is 19.0 Å². The quantitative estimate of drug-likeness (QED) is 0.506. The van der Waals surface area contributed by atoms with Crippen molar-refractivity contribution in [2.75, 3.05) is 27.4 Å². The molecular formula is C21H21ClN2O4S. The maximum absolute atomic E-state index is 12.1. The minimum atomic E-state index is -0.223. The van der Waals surface area contributed by atoms with E-state index >= 15 is 0 Å². The molecule has 0 atom stereocenters. The van der Waals surface area contributed by atoms with Crippen LogP contribution in [0.4, 0.5) is 0 Å². The van der Waals surface area contributed by atoms with E-state index in [0.29, 0.717) is 42.0 Å². The Morgan fingerprint density at radius 1 is 1.14 bits per heavy atom. The Morgan fingerprint density at radius 3 is 2.66 bits per heavy atom. The average Bonchev–Trinajstić information content (AvgIpc) is 3.24. The van der Waals surface area contributed by atoms with Crippen LogP contribution < -0.4 is 14.8 Å². The molecule has 29 heavy (non-hydrogen) atoms. The van der Waals surface area contributed by atoms with Crippen LogP contribution in [0.25, 0.3) is 10.6 Å². The monoisotopic (exact) mass is 432 g/mol. The number of hydrogen-bond acceptors (Lipinski definition) is 6. The number of halogens is 1. The zero-order chi connectivity index (χ0) is 20.6. The Labute approximate surface area is 178 Å². The number of ether oxygens (including phenoxy) is 3. The van der Waals surface area contributed by atoms with E-state index < -0.39 is 0 Å². The van der Waals surface area contributed by atoms with Crippen molar-refractivity contribution in [2.45, 2.75) is 6.61 Å². The fourth-order valence-corrected chi connectivity index (χ4v) is 3.45. The molecule has 1 heterocycles. The van der Waals surface area contributed by atoms with Gasteiger partial charge in [-0.15, -0.1) is 11.3 Å². The lowest BCUT2D eigenvalue weighted by atomic mass is 10.2. The van der Waals surface area contributed by atoms with Crippen molar-refractivity contribution >= 4 is 28.8 Å². The van der Waals surface area contributed by atoms with Gasteiger partial charge >= 0.3 is 0 Å². The van der Waals surface area contributed by atoms with Gasteiger partial charge in [0.2, 0.25) is 0 Å². The molecule has 0 radical (unpaired) electrons. The van der Waals surface area contributed by atoms with E-state index in [1.165, 1.54) is 11.3 Å². The molecule has 3 rings (SSSR count). The van der Waals surface area contributed by atoms with Gasteiger partial charge in [-0.1, -0.05) is 23.7 Å². The molecule has 152 valence electrons. The van der Waals surface area contributed by atoms with E-state index in [9.17, 15) is 4.79 Å². The molecule has 1 N–H and O–H groups in total. The van der Waals surface area contributed by atoms with Crippen LogP contribution in [-0.4, -0.2) is 38.3 Å². The van der Waals surface area contributed by atoms with Crippen LogP contribution in [0, 0.1) is 0 Å². The number of carbonyl (C=O) groups is 1. The Morgan fingerprint density at radius 2 is 1.93 bits per heavy atom. The summed E-state index contributed by atoms with van der Waals surface area (Å²) in [6.45, 7) is 1.29. The van der Waals surface area contributed by atoms with E-state index in [0.717, 1.165) is 16.1 Å². The molecule has 0 bridgehead atoms. The number of benzene rings is 2. The van der Waals surface area contributed by atoms with Gasteiger partial charge in [0.05, 0.1) is 13.7 Å². The first-order valence-electron chi connectivity index (χ1n) is 8.89. The van der Waals surface area contributed by atoms with Gasteiger partial charge in [-0.2, -0.15) is 0 Å². The van der Waals surface area contributed by atoms with E-state index in [2.05, 4.69) is 10.3 Å². The van der Waals surface area contributed by atoms with Crippen LogP contribution in [0.15, 0.2) is 47.8 Å². The zero-order valence-electron chi connectivity index (χ0n) is 16.1. The second kappa shape index (κ2) is 10.2. The molecule has 0 aliphatic rings. The lowest BCUT2D eigenvalue weighted by molar-refractivity contribution is 0.0933. The average molecular weight is 433 g/mol. The van der Waals surface area contributed by atoms with Crippen molar-refractivity contribution in [3.05, 3.63) is 64.1 Å². The smallest absolute Gasteiger partial charge is 0.270 e. The lowest BCUT2D eigenvalue weighted by Gasteiger charge is -2.12. The summed E-state index contributed by atoms with van der Waals surface area (Å²) in [5.41, 5.74) is 2.23. The summed E-state index contributed by atoms with van der Waals surface area (Å²) in [4.78, 5) is 16.5. The van der Waals surface area contributed by atoms with Crippen molar-refractivity contribution in [3.63, 3.8) is 0 Å². The third kappa shape index (κ3) is 5.69. The molecule has 2 aromatic carbocycles. The predicted molar refractivity (Wildman–Crippen MR) is 114 cm³/mol. The summed E-state index contributed by atoms with van der Waals surface area (Å²) in [6.07, 6.45) is 0. The number of aromatic nitrogens is 1. The Bertz CT molecular complexity index is 960. The highest BCUT2D eigenvalue weighted by atomic mass is 35.5. The summed E-state index contributed by atoms with van der Waals surface area (Å²) in [5, 5.41) is 5.90. The lowest BCUT2D eigenvalue weighted by Crippen LogP contribution is -2.27. The molecule has 0 fully saturated rings. The van der Waals surface area contributed by atoms with Crippen LogP contribution in [0.3, 0.4) is 0 Å². The maximum Gasteiger partial charge on any atom is 0.270 e. The Balaban J connectivity index is 1.70. The van der Waals surface area contributed by atoms with Crippen molar-refractivity contribution in [1.29, 1.82) is 0 Å². The molecule has 0 unspecified atom stereocenters. The van der Waals surface area contributed by atoms with Gasteiger partial charge < -0.3 is 19.5 Å². The molecular weight excluding hydrogens is 412 g/mol. The van der Waals surface area contributed by atoms with Crippen molar-refractivity contribution in [3.8, 4) is 22.1 Å². The summed E-state index contributed by atoms with van der Waals surface area (Å²) < 4.78 is 16.3. The highest BCUT2D eigenvalue weighted by molar-refractivity contribution is 7.13. The maximum atomic E-state index is 12.1. The SMILES string of the molecule is COCCNC(=O)c1csc(-c2ccc(OCc3ccc(Cl)cc3)c(OC)c2)n1. The van der Waals surface area contributed by atoms with E-state index in [1.807, 2.05) is 42.5 Å². The Hall–Kier alpha value is -2.61. The molecule has 6 nitrogen and oxygen atoms in total. The molecule has 1 aromatic heterocycles. The van der Waals surface area contributed by atoms with E-state index in [-0.39, 0.29) is 5.91 Å². The molecule has 0 spiro atoms. The summed E-state index contributed by atoms with van der Waals surface area (Å²) in [7, 11) is 3.17. The standard InChI is InChI=1S/C21H21ClN2O4S/c1-26-10-9-23-20(25)17-13-29-21(24-17)15-5-8-18(19(11-15)27-2)28-12-14-3-6-16(22)7-4-14/h3-8,11,13H,9-10,12H2,1-2H3,(H,23,25). The molecule has 0 aliphatic carbocycles. The van der Waals surface area contributed by atoms with Gasteiger partial charge in [0.15, 0.2) is 11.5 Å². The molecule has 0 aliphatic heterocycles. The molecule has 0 saturated carbocycles. The zero-order valence-corrected chi connectivity index (χ0v) is 17.7. The first-order chi connectivity index (χ1) is 14.1. The van der Waals surface area contributed by atoms with Crippen LogP contribution >= 0.6 is 22.9 Å². The van der Waals surface area contributed by atoms with Gasteiger partial charge in [0.25, 0.3) is 5.91 Å². The normalized spacial score (nSPS) is 10.6. The van der Waals surface area contributed by atoms with Gasteiger partial charge in [-0.05, 0) is 35.9 Å². The number of methoxy groups -OCH3 is 2. The third-order valence-electron chi connectivity index (χ3n) is 4.05. The highest BCUT2D eigenvalue weighted by Crippen LogP contribution is 2.34. The van der Waals surface area contributed by atoms with Crippen LogP contribution in [0.5, 0.6) is 11.5 Å². The number of amides is 1. The molecule has 1 amide bonds. The van der Waals surface area contributed by atoms with Crippen LogP contribution in [0.2, 0.25) is 5.02 Å². The van der Waals surface area contributed by atoms with Gasteiger partial charge in [-0.25, -0.2) is 4.98 Å². The van der Waals surface area contributed by atoms with E-state index in [1.54, 1.807) is 19.6 Å². The third-order valence-corrected chi connectivity index (χ3v) is 5.19. The van der Waals surface area contributed by atoms with Crippen molar-refractivity contribution in [2.24, 2.45) is 0 Å². The Kier molecular flexibility index (Phi) is 7.46. The summed E-state index contributed by atoms with van der Waals surface area (Å²) in [5.74, 6) is 0.998. The molecule has 0 saturated heterocycles. The number of hydrogen-bond donors (Lipinski definition) is 1. The fraction of sp³-hybridized carbons (Fsp3) is 0.238. The number of nitrogens with zero attached hydrogens (tertiary/aromatic N) is 1. The molecule has 8 heteroatoms. The van der Waals surface area contributed by atoms with Crippen LogP contribution in [0.1, 0.15) is 16.1 Å². The second-order valence-corrected chi connectivity index (χ2v) is 7.36. The fourth-order valence-electron chi connectivity index (χ4n) is 2.53. The van der Waals surface area contributed by atoms with Gasteiger partial charge in [-0.3, -0.25) is 4.79 Å². The highest BCUT2D eigenvalue weighted by Gasteiger charge is 2.14. The van der Waals surface area contributed by atoms with E-state index in [4.69, 9.17) is 25.8 Å². The van der Waals surface area contributed by atoms with Gasteiger partial charge in [0.1, 0.15) is 17.3 Å². The number of rotatable bonds is 9. The first kappa shape index (κ1) is 21.1. The largest absolute Gasteiger partial charge is 0.493 e. The van der Waals surface area contributed by atoms with Crippen molar-refractivity contribution in [1.82, 2.24) is 10.3 Å². The van der Waals surface area contributed by atoms with Crippen LogP contribution in [-0.2, 0) is 11.3 Å². The minimum absolute atomic E-state index is 0.223. The molecule has 3 aromatic rings. The second-order valence-electron chi connectivity index (χ2n) is 6.07. The number of carbonyl (C=O) groups excluding carboxylic acids is 1. The topological polar surface area (TPSA) is 69.7 Å². The minimum Gasteiger partial charge on any atom is -0.493 e. The summed E-state index contributed by atoms with van der Waals surface area (Å²) >= 11 is 7.30. The number of thiazole rings is 1. The predicted octanol–water partition coefficient (Wildman–Crippen LogP) is 4.43. The summed E-state index contributed by atoms with van der Waals surface area (Å²) in [6, 6.07) is 13.1.